The number of nitrogens with zero attached hydrogens (tertiary/aromatic N) is 2. The van der Waals surface area contributed by atoms with Gasteiger partial charge in [0.15, 0.2) is 0 Å². The Balaban J connectivity index is 0.00000176. The maximum absolute atomic E-state index is 12.6. The number of hydrogen-bond donors (Lipinski definition) is 2. The zero-order chi connectivity index (χ0) is 14.8. The quantitative estimate of drug-likeness (QED) is 0.859. The zero-order valence-corrected chi connectivity index (χ0v) is 13.1. The molecule has 6 nitrogen and oxygen atoms in total. The monoisotopic (exact) mass is 324 g/mol. The smallest absolute Gasteiger partial charge is 0.254 e. The van der Waals surface area contributed by atoms with E-state index in [1.807, 2.05) is 0 Å². The van der Waals surface area contributed by atoms with E-state index in [2.05, 4.69) is 10.3 Å². The Bertz CT molecular complexity index is 562. The number of nitrogens with two attached hydrogens (primary N) is 1. The normalized spacial score (nSPS) is 20.4. The Morgan fingerprint density at radius 1 is 1.36 bits per heavy atom. The number of rotatable bonds is 4. The SMILES string of the molecule is Cl.NCc1cc(C(=O)N2CCCC2C(=O)NC2CC2)ccn1. The van der Waals surface area contributed by atoms with Gasteiger partial charge in [-0.15, -0.1) is 12.4 Å². The molecule has 22 heavy (non-hydrogen) atoms. The van der Waals surface area contributed by atoms with Gasteiger partial charge in [-0.25, -0.2) is 0 Å². The van der Waals surface area contributed by atoms with Gasteiger partial charge in [-0.1, -0.05) is 0 Å². The van der Waals surface area contributed by atoms with Crippen molar-refractivity contribution in [1.29, 1.82) is 0 Å². The van der Waals surface area contributed by atoms with Crippen molar-refractivity contribution in [3.8, 4) is 0 Å². The van der Waals surface area contributed by atoms with Crippen molar-refractivity contribution in [2.75, 3.05) is 6.54 Å². The summed E-state index contributed by atoms with van der Waals surface area (Å²) < 4.78 is 0. The Morgan fingerprint density at radius 2 is 2.14 bits per heavy atom. The minimum atomic E-state index is -0.340. The lowest BCUT2D eigenvalue weighted by molar-refractivity contribution is -0.125. The Hall–Kier alpha value is -1.66. The minimum absolute atomic E-state index is 0. The maximum Gasteiger partial charge on any atom is 0.254 e. The van der Waals surface area contributed by atoms with Crippen LogP contribution in [0.1, 0.15) is 41.7 Å². The van der Waals surface area contributed by atoms with E-state index >= 15 is 0 Å². The third kappa shape index (κ3) is 3.56. The Morgan fingerprint density at radius 3 is 2.82 bits per heavy atom. The highest BCUT2D eigenvalue weighted by molar-refractivity contribution is 5.98. The van der Waals surface area contributed by atoms with Crippen molar-refractivity contribution in [3.05, 3.63) is 29.6 Å². The van der Waals surface area contributed by atoms with Gasteiger partial charge < -0.3 is 16.0 Å². The van der Waals surface area contributed by atoms with Gasteiger partial charge in [-0.2, -0.15) is 0 Å². The second-order valence-electron chi connectivity index (χ2n) is 5.68. The van der Waals surface area contributed by atoms with Crippen LogP contribution < -0.4 is 11.1 Å². The van der Waals surface area contributed by atoms with Crippen molar-refractivity contribution < 1.29 is 9.59 Å². The zero-order valence-electron chi connectivity index (χ0n) is 12.3. The summed E-state index contributed by atoms with van der Waals surface area (Å²) in [5.41, 5.74) is 6.79. The van der Waals surface area contributed by atoms with Crippen LogP contribution in [0.15, 0.2) is 18.3 Å². The summed E-state index contributed by atoms with van der Waals surface area (Å²) in [7, 11) is 0. The predicted octanol–water partition coefficient (Wildman–Crippen LogP) is 0.845. The molecule has 2 fully saturated rings. The van der Waals surface area contributed by atoms with Crippen LogP contribution in [0.25, 0.3) is 0 Å². The largest absolute Gasteiger partial charge is 0.352 e. The number of pyridine rings is 1. The maximum atomic E-state index is 12.6. The van der Waals surface area contributed by atoms with Gasteiger partial charge >= 0.3 is 0 Å². The molecule has 120 valence electrons. The molecular formula is C15H21ClN4O2. The van der Waals surface area contributed by atoms with E-state index in [0.29, 0.717) is 30.4 Å². The highest BCUT2D eigenvalue weighted by Crippen LogP contribution is 2.23. The molecular weight excluding hydrogens is 304 g/mol. The van der Waals surface area contributed by atoms with Crippen LogP contribution in [0.5, 0.6) is 0 Å². The summed E-state index contributed by atoms with van der Waals surface area (Å²) >= 11 is 0. The highest BCUT2D eigenvalue weighted by atomic mass is 35.5. The lowest BCUT2D eigenvalue weighted by Crippen LogP contribution is -2.46. The first-order chi connectivity index (χ1) is 10.2. The first-order valence-electron chi connectivity index (χ1n) is 7.45. The van der Waals surface area contributed by atoms with E-state index in [9.17, 15) is 9.59 Å². The van der Waals surface area contributed by atoms with Crippen molar-refractivity contribution >= 4 is 24.2 Å². The molecule has 1 aliphatic heterocycles. The van der Waals surface area contributed by atoms with E-state index in [1.54, 1.807) is 23.2 Å². The summed E-state index contributed by atoms with van der Waals surface area (Å²) in [6.07, 6.45) is 5.29. The molecule has 1 atom stereocenters. The number of likely N-dealkylation sites (tertiary alicyclic amines) is 1. The first-order valence-corrected chi connectivity index (χ1v) is 7.45. The van der Waals surface area contributed by atoms with Crippen LogP contribution >= 0.6 is 12.4 Å². The fourth-order valence-electron chi connectivity index (χ4n) is 2.70. The first kappa shape index (κ1) is 16.7. The lowest BCUT2D eigenvalue weighted by atomic mass is 10.1. The van der Waals surface area contributed by atoms with Gasteiger partial charge in [0.1, 0.15) is 6.04 Å². The second kappa shape index (κ2) is 7.07. The van der Waals surface area contributed by atoms with Crippen LogP contribution in [-0.4, -0.2) is 40.3 Å². The number of halogens is 1. The van der Waals surface area contributed by atoms with Crippen LogP contribution in [0.3, 0.4) is 0 Å². The number of amides is 2. The molecule has 2 heterocycles. The molecule has 3 N–H and O–H groups in total. The predicted molar refractivity (Wildman–Crippen MR) is 84.6 cm³/mol. The van der Waals surface area contributed by atoms with Gasteiger partial charge in [-0.3, -0.25) is 14.6 Å². The second-order valence-corrected chi connectivity index (χ2v) is 5.68. The Labute approximate surface area is 135 Å². The van der Waals surface area contributed by atoms with Crippen LogP contribution in [0.4, 0.5) is 0 Å². The Kier molecular flexibility index (Phi) is 5.37. The molecule has 0 bridgehead atoms. The summed E-state index contributed by atoms with van der Waals surface area (Å²) in [6.45, 7) is 0.925. The van der Waals surface area contributed by atoms with Crippen molar-refractivity contribution in [2.45, 2.75) is 44.3 Å². The number of nitrogens with one attached hydrogen (secondary N) is 1. The van der Waals surface area contributed by atoms with Crippen LogP contribution in [0, 0.1) is 0 Å². The number of carbonyl (C=O) groups is 2. The third-order valence-corrected chi connectivity index (χ3v) is 4.01. The fourth-order valence-corrected chi connectivity index (χ4v) is 2.70. The summed E-state index contributed by atoms with van der Waals surface area (Å²) in [4.78, 5) is 30.6. The minimum Gasteiger partial charge on any atom is -0.352 e. The van der Waals surface area contributed by atoms with Crippen molar-refractivity contribution in [2.24, 2.45) is 5.73 Å². The molecule has 0 spiro atoms. The summed E-state index contributed by atoms with van der Waals surface area (Å²) in [6, 6.07) is 3.36. The van der Waals surface area contributed by atoms with Gasteiger partial charge in [0.25, 0.3) is 5.91 Å². The fraction of sp³-hybridized carbons (Fsp3) is 0.533. The van der Waals surface area contributed by atoms with E-state index in [4.69, 9.17) is 5.73 Å². The van der Waals surface area contributed by atoms with Crippen LogP contribution in [0.2, 0.25) is 0 Å². The van der Waals surface area contributed by atoms with Crippen LogP contribution in [-0.2, 0) is 11.3 Å². The molecule has 0 radical (unpaired) electrons. The number of aromatic nitrogens is 1. The summed E-state index contributed by atoms with van der Waals surface area (Å²) in [5.74, 6) is -0.128. The topological polar surface area (TPSA) is 88.3 Å². The molecule has 1 saturated carbocycles. The van der Waals surface area contributed by atoms with E-state index in [1.165, 1.54) is 0 Å². The van der Waals surface area contributed by atoms with Gasteiger partial charge in [0, 0.05) is 30.9 Å². The number of hydrogen-bond acceptors (Lipinski definition) is 4. The average molecular weight is 325 g/mol. The van der Waals surface area contributed by atoms with E-state index in [-0.39, 0.29) is 30.3 Å². The van der Waals surface area contributed by atoms with Gasteiger partial charge in [-0.05, 0) is 37.8 Å². The molecule has 2 aliphatic rings. The molecule has 1 unspecified atom stereocenters. The molecule has 1 aromatic rings. The molecule has 3 rings (SSSR count). The molecule has 2 amide bonds. The molecule has 1 saturated heterocycles. The molecule has 7 heteroatoms. The standard InChI is InChI=1S/C15H20N4O2.ClH/c16-9-12-8-10(5-6-17-12)15(21)19-7-1-2-13(19)14(20)18-11-3-4-11;/h5-6,8,11,13H,1-4,7,9,16H2,(H,18,20);1H. The van der Waals surface area contributed by atoms with Crippen molar-refractivity contribution in [3.63, 3.8) is 0 Å². The van der Waals surface area contributed by atoms with Gasteiger partial charge in [0.05, 0.1) is 5.69 Å². The van der Waals surface area contributed by atoms with Crippen molar-refractivity contribution in [1.82, 2.24) is 15.2 Å². The third-order valence-electron chi connectivity index (χ3n) is 4.01. The van der Waals surface area contributed by atoms with E-state index in [0.717, 1.165) is 25.7 Å². The highest BCUT2D eigenvalue weighted by Gasteiger charge is 2.36. The molecule has 1 aliphatic carbocycles. The molecule has 0 aromatic carbocycles. The number of carbonyl (C=O) groups excluding carboxylic acids is 2. The molecule has 1 aromatic heterocycles. The summed E-state index contributed by atoms with van der Waals surface area (Å²) in [5, 5.41) is 2.99. The van der Waals surface area contributed by atoms with E-state index < -0.39 is 0 Å². The average Bonchev–Trinajstić information content (AvgIpc) is 3.18. The lowest BCUT2D eigenvalue weighted by Gasteiger charge is -2.24. The van der Waals surface area contributed by atoms with Gasteiger partial charge in [0.2, 0.25) is 5.91 Å².